The predicted octanol–water partition coefficient (Wildman–Crippen LogP) is 43.7. The van der Waals surface area contributed by atoms with Gasteiger partial charge in [0.15, 0.2) is 0 Å². The van der Waals surface area contributed by atoms with Crippen LogP contribution in [0.2, 0.25) is 0 Å². The maximum Gasteiger partial charge on any atom is 0.0390 e. The first-order valence-corrected chi connectivity index (χ1v) is 59.7. The van der Waals surface area contributed by atoms with Crippen molar-refractivity contribution in [2.75, 3.05) is 0 Å². The van der Waals surface area contributed by atoms with Crippen molar-refractivity contribution >= 4 is 47.0 Å². The minimum Gasteiger partial charge on any atom is -0.354 e. The Bertz CT molecular complexity index is 4960. The van der Waals surface area contributed by atoms with E-state index in [0.29, 0.717) is 130 Å². The summed E-state index contributed by atoms with van der Waals surface area (Å²) in [5.41, 5.74) is 35.1. The summed E-state index contributed by atoms with van der Waals surface area (Å²) in [6.45, 7) is 127. The van der Waals surface area contributed by atoms with Crippen molar-refractivity contribution in [3.63, 3.8) is 0 Å². The number of nitrogens with zero attached hydrogens (tertiary/aromatic N) is 9. The van der Waals surface area contributed by atoms with Crippen molar-refractivity contribution in [3.8, 4) is 0 Å². The van der Waals surface area contributed by atoms with Gasteiger partial charge in [-0.25, -0.2) is 0 Å². The van der Waals surface area contributed by atoms with E-state index in [9.17, 15) is 0 Å². The van der Waals surface area contributed by atoms with E-state index in [4.69, 9.17) is 0 Å². The van der Waals surface area contributed by atoms with Crippen molar-refractivity contribution in [2.24, 2.45) is 75.3 Å². The number of halogens is 1. The molecule has 0 aromatic carbocycles. The first-order valence-electron chi connectivity index (χ1n) is 57.3. The highest BCUT2D eigenvalue weighted by Gasteiger charge is 2.24. The molecule has 0 aliphatic carbocycles. The molecule has 841 valence electrons. The summed E-state index contributed by atoms with van der Waals surface area (Å²) in [5.74, 6) is 15.7. The molecule has 11 rings (SSSR count). The zero-order chi connectivity index (χ0) is 115. The number of aromatic nitrogens is 9. The van der Waals surface area contributed by atoms with E-state index in [1.54, 1.807) is 0 Å². The van der Waals surface area contributed by atoms with Gasteiger partial charge in [-0.2, -0.15) is 0 Å². The van der Waals surface area contributed by atoms with Crippen LogP contribution in [0.4, 0.5) is 0 Å². The Balaban J connectivity index is -0.000000758. The van der Waals surface area contributed by atoms with Crippen LogP contribution in [0.3, 0.4) is 0 Å². The summed E-state index contributed by atoms with van der Waals surface area (Å²) >= 11 is 7.45. The van der Waals surface area contributed by atoms with Gasteiger partial charge in [-0.1, -0.05) is 360 Å². The standard InChI is InChI=1S/C13H23N.3C12H21N.C11H18BrN.4C11H19N.2C10H16S.2C4H10.C2H6.B/c1-8(2)12-10(5)13(9(3)4)14(7)11(12)6;1-8(2)11-7-13(6)12(9(3)4)10(11)5;1-8(2)11-7-12(9(3)4)13(6)10(11)5;1-8(2)11-10(5)7-13(6)12(11)9(3)4;1-7(2)10-6-9(12)11(8(3)4)13(10)5;2*1-8(2)10-6-11(9(3)4)12(5)7-10;1-8(2)10-6-7-12(5)11(10)9(3)4;1-8(2)10-6-7-11(9(3)4)12(10)5;1-7(2)9-5-10(8(3)4)11-6-9;1-7(2)9-5-6-10(11-9)8(3)4;2*1-4(2)3;1-2;/h8-9H,1-7H3;3*7-9H,1-6H3;6-8H,1-5H3;4*6-9H,1-5H3;2*5-8H,1-4H3;2*4H,1-3H3;1-2H3;. The third kappa shape index (κ3) is 48.4. The van der Waals surface area contributed by atoms with Crippen LogP contribution < -0.4 is 0 Å². The molecule has 0 N–H and O–H groups in total. The molecule has 0 bridgehead atoms. The highest BCUT2D eigenvalue weighted by molar-refractivity contribution is 9.10. The quantitative estimate of drug-likeness (QED) is 0.0607. The molecule has 11 heterocycles. The van der Waals surface area contributed by atoms with Crippen molar-refractivity contribution < 1.29 is 0 Å². The van der Waals surface area contributed by atoms with Gasteiger partial charge in [0.1, 0.15) is 0 Å². The Morgan fingerprint density at radius 1 is 0.231 bits per heavy atom. The van der Waals surface area contributed by atoms with E-state index < -0.39 is 0 Å². The lowest BCUT2D eigenvalue weighted by Crippen LogP contribution is -2.03. The number of hydrogen-bond donors (Lipinski definition) is 0. The number of aryl methyl sites for hydroxylation is 6. The lowest BCUT2D eigenvalue weighted by molar-refractivity contribution is 0.677. The first-order chi connectivity index (χ1) is 67.0. The second-order valence-electron chi connectivity index (χ2n) is 49.5. The van der Waals surface area contributed by atoms with Gasteiger partial charge in [0.2, 0.25) is 0 Å². The normalized spacial score (nSPS) is 11.3. The van der Waals surface area contributed by atoms with E-state index in [-0.39, 0.29) is 8.41 Å². The molecule has 0 atom stereocenters. The molecular formula is C134H238BBrN9S2. The van der Waals surface area contributed by atoms with Crippen molar-refractivity contribution in [1.82, 2.24) is 41.1 Å². The Labute approximate surface area is 932 Å². The lowest BCUT2D eigenvalue weighted by Gasteiger charge is -2.14. The molecule has 0 aliphatic heterocycles. The minimum absolute atomic E-state index is 0. The van der Waals surface area contributed by atoms with Gasteiger partial charge in [0, 0.05) is 196 Å². The summed E-state index contributed by atoms with van der Waals surface area (Å²) in [7, 11) is 19.3. The molecule has 0 saturated carbocycles. The fraction of sp³-hybridized carbons (Fsp3) is 0.672. The molecule has 3 radical (unpaired) electrons. The summed E-state index contributed by atoms with van der Waals surface area (Å²) in [5, 5.41) is 2.28. The number of hydrogen-bond acceptors (Lipinski definition) is 2. The second-order valence-corrected chi connectivity index (χ2v) is 52.5. The monoisotopic (exact) mass is 2130 g/mol. The minimum atomic E-state index is 0. The second kappa shape index (κ2) is 70.7. The molecule has 0 unspecified atom stereocenters. The van der Waals surface area contributed by atoms with Crippen LogP contribution in [0.5, 0.6) is 0 Å². The topological polar surface area (TPSA) is 44.4 Å². The maximum atomic E-state index is 3.62. The van der Waals surface area contributed by atoms with Crippen LogP contribution in [0.1, 0.15) is 640 Å². The van der Waals surface area contributed by atoms with Crippen molar-refractivity contribution in [1.29, 1.82) is 0 Å². The zero-order valence-electron chi connectivity index (χ0n) is 109. The van der Waals surface area contributed by atoms with Gasteiger partial charge < -0.3 is 41.1 Å². The number of thiophene rings is 2. The van der Waals surface area contributed by atoms with Crippen LogP contribution in [-0.2, 0) is 63.4 Å². The maximum absolute atomic E-state index is 3.62. The fourth-order valence-electron chi connectivity index (χ4n) is 19.3. The summed E-state index contributed by atoms with van der Waals surface area (Å²) in [4.78, 5) is 4.52. The predicted molar refractivity (Wildman–Crippen MR) is 677 cm³/mol. The van der Waals surface area contributed by atoms with Crippen LogP contribution in [-0.4, -0.2) is 49.5 Å². The Morgan fingerprint density at radius 2 is 0.571 bits per heavy atom. The zero-order valence-corrected chi connectivity index (χ0v) is 112. The highest BCUT2D eigenvalue weighted by Crippen LogP contribution is 2.38. The average Bonchev–Trinajstić information content (AvgIpc) is 1.63. The van der Waals surface area contributed by atoms with Crippen LogP contribution in [0.25, 0.3) is 0 Å². The van der Waals surface area contributed by atoms with Gasteiger partial charge in [-0.15, -0.1) is 22.7 Å². The van der Waals surface area contributed by atoms with Crippen molar-refractivity contribution in [2.45, 2.75) is 525 Å². The third-order valence-electron chi connectivity index (χ3n) is 26.7. The lowest BCUT2D eigenvalue weighted by atomic mass is 9.95. The molecule has 147 heavy (non-hydrogen) atoms. The first kappa shape index (κ1) is 147. The average molecular weight is 2130 g/mol. The van der Waals surface area contributed by atoms with Crippen LogP contribution in [0, 0.1) is 46.5 Å². The molecule has 9 nitrogen and oxygen atoms in total. The van der Waals surface area contributed by atoms with Gasteiger partial charge in [-0.3, -0.25) is 0 Å². The Hall–Kier alpha value is -6.54. The van der Waals surface area contributed by atoms with Crippen molar-refractivity contribution in [3.05, 3.63) is 251 Å². The Kier molecular flexibility index (Phi) is 70.6. The smallest absolute Gasteiger partial charge is 0.0390 e. The van der Waals surface area contributed by atoms with E-state index in [1.807, 2.05) is 36.5 Å². The highest BCUT2D eigenvalue weighted by atomic mass is 79.9. The molecule has 11 aromatic heterocycles. The van der Waals surface area contributed by atoms with E-state index >= 15 is 0 Å². The summed E-state index contributed by atoms with van der Waals surface area (Å²) in [6, 6.07) is 22.8. The molecule has 0 fully saturated rings. The van der Waals surface area contributed by atoms with Gasteiger partial charge in [0.25, 0.3) is 0 Å². The fourth-order valence-corrected chi connectivity index (χ4v) is 22.4. The molecule has 11 aromatic rings. The third-order valence-corrected chi connectivity index (χ3v) is 30.3. The summed E-state index contributed by atoms with van der Waals surface area (Å²) in [6.07, 6.45) is 11.1. The SMILES string of the molecule is CC.CC(C)C.CC(C)C.CC(C)c1cc(Br)c(C(C)C)n1C.CC(C)c1cc(C(C)C)n(C)c1.CC(C)c1cc(C(C)C)n(C)c1.CC(C)c1ccc(C(C)C)n1C.CC(C)c1ccc(C(C)C)s1.CC(C)c1ccn(C)c1C(C)C.CC(C)c1csc(C(C)C)c1.Cc1c(C(C)C)c(C)n(C)c1C(C)C.Cc1c(C(C)C)cc(C(C)C)n1C.Cc1c(C(C)C)cn(C)c1C(C)C.Cc1cn(C)c(C(C)C)c1C(C)C.[B]. The van der Waals surface area contributed by atoms with Gasteiger partial charge in [0.05, 0.1) is 0 Å². The molecule has 13 heteroatoms. The molecule has 0 spiro atoms. The van der Waals surface area contributed by atoms with E-state index in [0.717, 1.165) is 11.8 Å². The van der Waals surface area contributed by atoms with Crippen LogP contribution >= 0.6 is 38.6 Å². The molecule has 0 amide bonds. The molecular weight excluding hydrogens is 1890 g/mol. The van der Waals surface area contributed by atoms with E-state index in [2.05, 4.69) is 598 Å². The molecule has 0 saturated heterocycles. The van der Waals surface area contributed by atoms with Gasteiger partial charge in [-0.05, 0) is 320 Å². The van der Waals surface area contributed by atoms with E-state index in [1.165, 1.54) is 154 Å². The summed E-state index contributed by atoms with van der Waals surface area (Å²) < 4.78 is 21.8. The van der Waals surface area contributed by atoms with Crippen LogP contribution in [0.15, 0.2) is 102 Å². The largest absolute Gasteiger partial charge is 0.354 e. The van der Waals surface area contributed by atoms with Gasteiger partial charge >= 0.3 is 0 Å². The molecule has 0 aliphatic rings. The Morgan fingerprint density at radius 3 is 0.776 bits per heavy atom. The number of rotatable bonds is 22.